The lowest BCUT2D eigenvalue weighted by Crippen LogP contribution is -2.35. The van der Waals surface area contributed by atoms with E-state index >= 15 is 0 Å². The van der Waals surface area contributed by atoms with Crippen molar-refractivity contribution in [2.45, 2.75) is 12.0 Å². The molecule has 0 N–H and O–H groups in total. The number of carbonyl (C=O) groups excluding carboxylic acids is 1. The van der Waals surface area contributed by atoms with Crippen LogP contribution in [0.4, 0.5) is 0 Å². The van der Waals surface area contributed by atoms with Crippen molar-refractivity contribution in [1.82, 2.24) is 0 Å². The minimum atomic E-state index is -0.756. The van der Waals surface area contributed by atoms with Gasteiger partial charge in [-0.1, -0.05) is 30.3 Å². The SMILES string of the molecule is COC1(C=O)C=Cc2ccccc2C1. The van der Waals surface area contributed by atoms with Crippen molar-refractivity contribution in [3.8, 4) is 0 Å². The first-order chi connectivity index (χ1) is 6.79. The van der Waals surface area contributed by atoms with E-state index in [0.717, 1.165) is 11.8 Å². The Bertz CT molecular complexity index is 382. The normalized spacial score (nSPS) is 24.4. The van der Waals surface area contributed by atoms with E-state index in [1.54, 1.807) is 7.11 Å². The topological polar surface area (TPSA) is 26.3 Å². The van der Waals surface area contributed by atoms with E-state index in [9.17, 15) is 4.79 Å². The number of ether oxygens (including phenoxy) is 1. The summed E-state index contributed by atoms with van der Waals surface area (Å²) >= 11 is 0. The molecule has 1 aliphatic rings. The number of rotatable bonds is 2. The van der Waals surface area contributed by atoms with Gasteiger partial charge in [-0.25, -0.2) is 0 Å². The molecule has 0 aliphatic heterocycles. The Morgan fingerprint density at radius 3 is 2.93 bits per heavy atom. The van der Waals surface area contributed by atoms with Gasteiger partial charge in [0.05, 0.1) is 0 Å². The maximum atomic E-state index is 10.9. The zero-order valence-electron chi connectivity index (χ0n) is 8.07. The number of hydrogen-bond donors (Lipinski definition) is 0. The summed E-state index contributed by atoms with van der Waals surface area (Å²) in [6.07, 6.45) is 5.25. The van der Waals surface area contributed by atoms with E-state index in [4.69, 9.17) is 4.74 Å². The van der Waals surface area contributed by atoms with Gasteiger partial charge in [-0.05, 0) is 17.2 Å². The highest BCUT2D eigenvalue weighted by atomic mass is 16.5. The van der Waals surface area contributed by atoms with Gasteiger partial charge >= 0.3 is 0 Å². The van der Waals surface area contributed by atoms with E-state index in [1.807, 2.05) is 36.4 Å². The second kappa shape index (κ2) is 3.39. The van der Waals surface area contributed by atoms with Gasteiger partial charge in [0.15, 0.2) is 6.29 Å². The minimum Gasteiger partial charge on any atom is -0.366 e. The van der Waals surface area contributed by atoms with Crippen LogP contribution in [-0.2, 0) is 16.0 Å². The van der Waals surface area contributed by atoms with Gasteiger partial charge in [-0.15, -0.1) is 0 Å². The Kier molecular flexibility index (Phi) is 2.22. The Balaban J connectivity index is 2.42. The van der Waals surface area contributed by atoms with Crippen LogP contribution < -0.4 is 0 Å². The molecular weight excluding hydrogens is 176 g/mol. The molecule has 2 rings (SSSR count). The minimum absolute atomic E-state index is 0.625. The fourth-order valence-electron chi connectivity index (χ4n) is 1.71. The molecule has 1 unspecified atom stereocenters. The number of fused-ring (bicyclic) bond motifs is 1. The molecule has 72 valence electrons. The fourth-order valence-corrected chi connectivity index (χ4v) is 1.71. The van der Waals surface area contributed by atoms with Crippen LogP contribution in [0.25, 0.3) is 6.08 Å². The van der Waals surface area contributed by atoms with Crippen molar-refractivity contribution in [3.63, 3.8) is 0 Å². The lowest BCUT2D eigenvalue weighted by Gasteiger charge is -2.27. The first-order valence-corrected chi connectivity index (χ1v) is 4.58. The molecule has 14 heavy (non-hydrogen) atoms. The van der Waals surface area contributed by atoms with Crippen molar-refractivity contribution in [3.05, 3.63) is 41.5 Å². The lowest BCUT2D eigenvalue weighted by molar-refractivity contribution is -0.122. The third kappa shape index (κ3) is 1.38. The van der Waals surface area contributed by atoms with Crippen LogP contribution in [0.2, 0.25) is 0 Å². The van der Waals surface area contributed by atoms with E-state index < -0.39 is 5.60 Å². The maximum absolute atomic E-state index is 10.9. The number of carbonyl (C=O) groups is 1. The molecule has 2 nitrogen and oxygen atoms in total. The Morgan fingerprint density at radius 2 is 2.21 bits per heavy atom. The van der Waals surface area contributed by atoms with Crippen LogP contribution in [0.3, 0.4) is 0 Å². The Hall–Kier alpha value is -1.41. The molecule has 2 heteroatoms. The fraction of sp³-hybridized carbons (Fsp3) is 0.250. The van der Waals surface area contributed by atoms with Crippen LogP contribution >= 0.6 is 0 Å². The quantitative estimate of drug-likeness (QED) is 0.662. The predicted molar refractivity (Wildman–Crippen MR) is 55.0 cm³/mol. The number of methoxy groups -OCH3 is 1. The largest absolute Gasteiger partial charge is 0.366 e. The standard InChI is InChI=1S/C12H12O2/c1-14-12(9-13)7-6-10-4-2-3-5-11(10)8-12/h2-7,9H,8H2,1H3. The summed E-state index contributed by atoms with van der Waals surface area (Å²) in [5.74, 6) is 0. The smallest absolute Gasteiger partial charge is 0.156 e. The number of aldehydes is 1. The zero-order chi connectivity index (χ0) is 10.0. The molecule has 0 heterocycles. The van der Waals surface area contributed by atoms with Crippen molar-refractivity contribution < 1.29 is 9.53 Å². The van der Waals surface area contributed by atoms with E-state index in [2.05, 4.69) is 0 Å². The molecule has 0 aromatic heterocycles. The van der Waals surface area contributed by atoms with Crippen LogP contribution in [0.5, 0.6) is 0 Å². The Labute approximate surface area is 83.2 Å². The predicted octanol–water partition coefficient (Wildman–Crippen LogP) is 1.84. The highest BCUT2D eigenvalue weighted by Gasteiger charge is 2.29. The lowest BCUT2D eigenvalue weighted by atomic mass is 9.87. The first kappa shape index (κ1) is 9.16. The van der Waals surface area contributed by atoms with Gasteiger partial charge in [-0.2, -0.15) is 0 Å². The molecule has 1 atom stereocenters. The molecule has 0 bridgehead atoms. The summed E-state index contributed by atoms with van der Waals surface area (Å²) in [5, 5.41) is 0. The number of hydrogen-bond acceptors (Lipinski definition) is 2. The monoisotopic (exact) mass is 188 g/mol. The maximum Gasteiger partial charge on any atom is 0.156 e. The molecule has 1 aromatic carbocycles. The van der Waals surface area contributed by atoms with E-state index in [1.165, 1.54) is 5.56 Å². The van der Waals surface area contributed by atoms with Crippen molar-refractivity contribution in [1.29, 1.82) is 0 Å². The second-order valence-corrected chi connectivity index (χ2v) is 3.49. The molecule has 0 saturated heterocycles. The third-order valence-corrected chi connectivity index (χ3v) is 2.65. The van der Waals surface area contributed by atoms with Gasteiger partial charge in [-0.3, -0.25) is 4.79 Å². The van der Waals surface area contributed by atoms with Crippen molar-refractivity contribution in [2.24, 2.45) is 0 Å². The summed E-state index contributed by atoms with van der Waals surface area (Å²) < 4.78 is 5.23. The van der Waals surface area contributed by atoms with Crippen molar-refractivity contribution >= 4 is 12.4 Å². The van der Waals surface area contributed by atoms with Crippen LogP contribution in [0.1, 0.15) is 11.1 Å². The summed E-state index contributed by atoms with van der Waals surface area (Å²) in [7, 11) is 1.56. The Morgan fingerprint density at radius 1 is 1.43 bits per heavy atom. The highest BCUT2D eigenvalue weighted by molar-refractivity contribution is 5.74. The molecule has 0 saturated carbocycles. The third-order valence-electron chi connectivity index (χ3n) is 2.65. The van der Waals surface area contributed by atoms with Gasteiger partial charge in [0.1, 0.15) is 5.60 Å². The van der Waals surface area contributed by atoms with Crippen LogP contribution in [-0.4, -0.2) is 19.0 Å². The average molecular weight is 188 g/mol. The molecular formula is C12H12O2. The highest BCUT2D eigenvalue weighted by Crippen LogP contribution is 2.26. The van der Waals surface area contributed by atoms with Gasteiger partial charge in [0, 0.05) is 13.5 Å². The van der Waals surface area contributed by atoms with E-state index in [-0.39, 0.29) is 0 Å². The molecule has 0 spiro atoms. The molecule has 0 amide bonds. The zero-order valence-corrected chi connectivity index (χ0v) is 8.07. The molecule has 0 radical (unpaired) electrons. The van der Waals surface area contributed by atoms with Gasteiger partial charge < -0.3 is 4.74 Å². The van der Waals surface area contributed by atoms with Crippen molar-refractivity contribution in [2.75, 3.05) is 7.11 Å². The molecule has 1 aliphatic carbocycles. The van der Waals surface area contributed by atoms with Gasteiger partial charge in [0.2, 0.25) is 0 Å². The van der Waals surface area contributed by atoms with Crippen LogP contribution in [0, 0.1) is 0 Å². The molecule has 0 fully saturated rings. The molecule has 1 aromatic rings. The summed E-state index contributed by atoms with van der Waals surface area (Å²) in [6.45, 7) is 0. The average Bonchev–Trinajstić information content (AvgIpc) is 2.28. The summed E-state index contributed by atoms with van der Waals surface area (Å²) in [5.41, 5.74) is 1.57. The summed E-state index contributed by atoms with van der Waals surface area (Å²) in [6, 6.07) is 8.03. The van der Waals surface area contributed by atoms with Crippen LogP contribution in [0.15, 0.2) is 30.3 Å². The number of benzene rings is 1. The summed E-state index contributed by atoms with van der Waals surface area (Å²) in [4.78, 5) is 10.9. The second-order valence-electron chi connectivity index (χ2n) is 3.49. The first-order valence-electron chi connectivity index (χ1n) is 4.58. The van der Waals surface area contributed by atoms with Gasteiger partial charge in [0.25, 0.3) is 0 Å². The van der Waals surface area contributed by atoms with E-state index in [0.29, 0.717) is 6.42 Å².